The van der Waals surface area contributed by atoms with Crippen LogP contribution in [-0.2, 0) is 10.9 Å². The van der Waals surface area contributed by atoms with E-state index in [4.69, 9.17) is 10.5 Å². The van der Waals surface area contributed by atoms with Crippen molar-refractivity contribution in [3.63, 3.8) is 0 Å². The van der Waals surface area contributed by atoms with E-state index in [0.29, 0.717) is 37.7 Å². The van der Waals surface area contributed by atoms with E-state index in [2.05, 4.69) is 4.99 Å². The van der Waals surface area contributed by atoms with Crippen molar-refractivity contribution >= 4 is 29.9 Å². The fraction of sp³-hybridized carbons (Fsp3) is 0.562. The van der Waals surface area contributed by atoms with Gasteiger partial charge < -0.3 is 15.4 Å². The van der Waals surface area contributed by atoms with Crippen molar-refractivity contribution in [2.24, 2.45) is 10.7 Å². The number of nitrogens with zero attached hydrogens (tertiary/aromatic N) is 2. The van der Waals surface area contributed by atoms with Gasteiger partial charge in [0.15, 0.2) is 5.96 Å². The largest absolute Gasteiger partial charge is 0.416 e. The number of nitrogens with two attached hydrogens (primary N) is 1. The van der Waals surface area contributed by atoms with E-state index in [1.165, 1.54) is 12.1 Å². The zero-order valence-electron chi connectivity index (χ0n) is 13.6. The van der Waals surface area contributed by atoms with Crippen LogP contribution < -0.4 is 5.73 Å². The second-order valence-electron chi connectivity index (χ2n) is 5.65. The molecule has 1 fully saturated rings. The summed E-state index contributed by atoms with van der Waals surface area (Å²) >= 11 is 0. The Bertz CT molecular complexity index is 546. The van der Waals surface area contributed by atoms with Crippen LogP contribution in [0.2, 0.25) is 0 Å². The van der Waals surface area contributed by atoms with Crippen LogP contribution in [0.15, 0.2) is 29.3 Å². The highest BCUT2D eigenvalue weighted by Gasteiger charge is 2.30. The molecule has 136 valence electrons. The molecule has 8 heteroatoms. The molecule has 0 aliphatic carbocycles. The van der Waals surface area contributed by atoms with E-state index in [0.717, 1.165) is 19.2 Å². The van der Waals surface area contributed by atoms with Crippen LogP contribution in [0.25, 0.3) is 0 Å². The molecule has 0 saturated carbocycles. The lowest BCUT2D eigenvalue weighted by Gasteiger charge is -2.27. The first-order chi connectivity index (χ1) is 10.9. The second-order valence-corrected chi connectivity index (χ2v) is 5.65. The Morgan fingerprint density at radius 3 is 2.62 bits per heavy atom. The molecule has 0 radical (unpaired) electrons. The SMILES string of the molecule is CC(CCN=C(N)N1CCOCC1)c1cccc(C(F)(F)F)c1.I. The van der Waals surface area contributed by atoms with Crippen molar-refractivity contribution < 1.29 is 17.9 Å². The average Bonchev–Trinajstić information content (AvgIpc) is 2.54. The first-order valence-corrected chi connectivity index (χ1v) is 7.67. The highest BCUT2D eigenvalue weighted by atomic mass is 127. The Balaban J connectivity index is 0.00000288. The molecule has 0 spiro atoms. The lowest BCUT2D eigenvalue weighted by molar-refractivity contribution is -0.137. The summed E-state index contributed by atoms with van der Waals surface area (Å²) in [5.74, 6) is 0.461. The number of rotatable bonds is 4. The zero-order valence-corrected chi connectivity index (χ0v) is 15.9. The number of guanidine groups is 1. The average molecular weight is 457 g/mol. The Labute approximate surface area is 157 Å². The number of hydrogen-bond donors (Lipinski definition) is 1. The smallest absolute Gasteiger partial charge is 0.378 e. The molecule has 2 N–H and O–H groups in total. The molecule has 2 rings (SSSR count). The van der Waals surface area contributed by atoms with Gasteiger partial charge in [0.1, 0.15) is 0 Å². The molecular formula is C16H23F3IN3O. The van der Waals surface area contributed by atoms with Gasteiger partial charge in [0.2, 0.25) is 0 Å². The summed E-state index contributed by atoms with van der Waals surface area (Å²) in [7, 11) is 0. The molecule has 1 aliphatic heterocycles. The quantitative estimate of drug-likeness (QED) is 0.428. The van der Waals surface area contributed by atoms with Crippen molar-refractivity contribution in [2.75, 3.05) is 32.8 Å². The van der Waals surface area contributed by atoms with Crippen molar-refractivity contribution in [1.29, 1.82) is 0 Å². The first-order valence-electron chi connectivity index (χ1n) is 7.67. The Morgan fingerprint density at radius 2 is 2.00 bits per heavy atom. The summed E-state index contributed by atoms with van der Waals surface area (Å²) in [5.41, 5.74) is 5.98. The molecule has 1 aromatic rings. The fourth-order valence-electron chi connectivity index (χ4n) is 2.45. The van der Waals surface area contributed by atoms with Crippen molar-refractivity contribution in [3.05, 3.63) is 35.4 Å². The van der Waals surface area contributed by atoms with E-state index < -0.39 is 11.7 Å². The predicted molar refractivity (Wildman–Crippen MR) is 98.8 cm³/mol. The normalized spacial score (nSPS) is 17.3. The number of alkyl halides is 3. The van der Waals surface area contributed by atoms with Crippen LogP contribution in [0.3, 0.4) is 0 Å². The van der Waals surface area contributed by atoms with Gasteiger partial charge in [0.05, 0.1) is 18.8 Å². The molecule has 0 aromatic heterocycles. The van der Waals surface area contributed by atoms with Crippen molar-refractivity contribution in [1.82, 2.24) is 4.90 Å². The van der Waals surface area contributed by atoms with Gasteiger partial charge in [0, 0.05) is 19.6 Å². The van der Waals surface area contributed by atoms with Gasteiger partial charge in [0.25, 0.3) is 0 Å². The number of benzene rings is 1. The summed E-state index contributed by atoms with van der Waals surface area (Å²) in [4.78, 5) is 6.28. The summed E-state index contributed by atoms with van der Waals surface area (Å²) in [6.07, 6.45) is -3.67. The molecule has 1 atom stereocenters. The minimum atomic E-state index is -4.31. The van der Waals surface area contributed by atoms with Gasteiger partial charge in [-0.05, 0) is 24.0 Å². The molecule has 1 saturated heterocycles. The lowest BCUT2D eigenvalue weighted by Crippen LogP contribution is -2.44. The molecule has 0 bridgehead atoms. The van der Waals surface area contributed by atoms with E-state index in [9.17, 15) is 13.2 Å². The third-order valence-corrected chi connectivity index (χ3v) is 3.95. The Kier molecular flexibility index (Phi) is 8.28. The monoisotopic (exact) mass is 457 g/mol. The van der Waals surface area contributed by atoms with Crippen LogP contribution in [0, 0.1) is 0 Å². The molecule has 24 heavy (non-hydrogen) atoms. The topological polar surface area (TPSA) is 50.8 Å². The summed E-state index contributed by atoms with van der Waals surface area (Å²) in [6.45, 7) is 5.10. The molecule has 1 aliphatic rings. The van der Waals surface area contributed by atoms with Crippen LogP contribution in [0.5, 0.6) is 0 Å². The van der Waals surface area contributed by atoms with E-state index in [1.807, 2.05) is 11.8 Å². The molecule has 4 nitrogen and oxygen atoms in total. The fourth-order valence-corrected chi connectivity index (χ4v) is 2.45. The maximum atomic E-state index is 12.7. The second kappa shape index (κ2) is 9.45. The van der Waals surface area contributed by atoms with Crippen LogP contribution in [-0.4, -0.2) is 43.7 Å². The van der Waals surface area contributed by atoms with E-state index in [1.54, 1.807) is 6.07 Å². The zero-order chi connectivity index (χ0) is 16.9. The Morgan fingerprint density at radius 1 is 1.33 bits per heavy atom. The van der Waals surface area contributed by atoms with Gasteiger partial charge >= 0.3 is 6.18 Å². The first kappa shape index (κ1) is 21.0. The van der Waals surface area contributed by atoms with Gasteiger partial charge in [-0.2, -0.15) is 13.2 Å². The van der Waals surface area contributed by atoms with Crippen molar-refractivity contribution in [3.8, 4) is 0 Å². The van der Waals surface area contributed by atoms with Gasteiger partial charge in [-0.15, -0.1) is 24.0 Å². The lowest BCUT2D eigenvalue weighted by atomic mass is 9.96. The van der Waals surface area contributed by atoms with Crippen LogP contribution >= 0.6 is 24.0 Å². The van der Waals surface area contributed by atoms with Gasteiger partial charge in [-0.25, -0.2) is 0 Å². The van der Waals surface area contributed by atoms with Crippen LogP contribution in [0.4, 0.5) is 13.2 Å². The standard InChI is InChI=1S/C16H22F3N3O.HI/c1-12(13-3-2-4-14(11-13)16(17,18)19)5-6-21-15(20)22-7-9-23-10-8-22;/h2-4,11-12H,5-10H2,1H3,(H2,20,21);1H. The maximum Gasteiger partial charge on any atom is 0.416 e. The van der Waals surface area contributed by atoms with E-state index in [-0.39, 0.29) is 29.9 Å². The van der Waals surface area contributed by atoms with Crippen LogP contribution in [0.1, 0.15) is 30.4 Å². The summed E-state index contributed by atoms with van der Waals surface area (Å²) in [5, 5.41) is 0. The maximum absolute atomic E-state index is 12.7. The third kappa shape index (κ3) is 6.12. The Hall–Kier alpha value is -1.03. The summed E-state index contributed by atoms with van der Waals surface area (Å²) < 4.78 is 43.5. The molecular weight excluding hydrogens is 434 g/mol. The molecule has 0 amide bonds. The molecule has 1 aromatic carbocycles. The number of hydrogen-bond acceptors (Lipinski definition) is 2. The predicted octanol–water partition coefficient (Wildman–Crippen LogP) is 3.46. The molecule has 1 unspecified atom stereocenters. The molecule has 1 heterocycles. The van der Waals surface area contributed by atoms with Crippen molar-refractivity contribution in [2.45, 2.75) is 25.4 Å². The third-order valence-electron chi connectivity index (χ3n) is 3.95. The highest BCUT2D eigenvalue weighted by Crippen LogP contribution is 2.31. The van der Waals surface area contributed by atoms with Gasteiger partial charge in [-0.1, -0.05) is 25.1 Å². The minimum Gasteiger partial charge on any atom is -0.378 e. The number of morpholine rings is 1. The van der Waals surface area contributed by atoms with E-state index >= 15 is 0 Å². The number of ether oxygens (including phenoxy) is 1. The summed E-state index contributed by atoms with van der Waals surface area (Å²) in [6, 6.07) is 5.46. The highest BCUT2D eigenvalue weighted by molar-refractivity contribution is 14.0. The number of aliphatic imine (C=N–C) groups is 1. The van der Waals surface area contributed by atoms with Gasteiger partial charge in [-0.3, -0.25) is 4.99 Å². The number of halogens is 4. The minimum absolute atomic E-state index is 0.